The van der Waals surface area contributed by atoms with Gasteiger partial charge in [-0.2, -0.15) is 26.3 Å². The number of hydrogen-bond acceptors (Lipinski definition) is 5. The van der Waals surface area contributed by atoms with E-state index in [2.05, 4.69) is 14.8 Å². The van der Waals surface area contributed by atoms with E-state index in [4.69, 9.17) is 4.74 Å². The average Bonchev–Trinajstić information content (AvgIpc) is 2.94. The van der Waals surface area contributed by atoms with E-state index in [1.54, 1.807) is 31.5 Å². The maximum Gasteiger partial charge on any atom is 0.406 e. The van der Waals surface area contributed by atoms with Gasteiger partial charge >= 0.3 is 18.3 Å². The maximum atomic E-state index is 13.4. The van der Waals surface area contributed by atoms with E-state index < -0.39 is 23.3 Å². The second kappa shape index (κ2) is 12.8. The average molecular weight is 594 g/mol. The minimum atomic E-state index is -5.49. The summed E-state index contributed by atoms with van der Waals surface area (Å²) in [5, 5.41) is 0. The fraction of sp³-hybridized carbons (Fsp3) is 0.419. The Hall–Kier alpha value is -3.44. The molecule has 4 rings (SSSR count). The summed E-state index contributed by atoms with van der Waals surface area (Å²) in [7, 11) is 0. The predicted molar refractivity (Wildman–Crippen MR) is 146 cm³/mol. The second-order valence-electron chi connectivity index (χ2n) is 10.6. The highest BCUT2D eigenvalue weighted by Crippen LogP contribution is 2.51. The quantitative estimate of drug-likeness (QED) is 0.203. The van der Waals surface area contributed by atoms with Crippen LogP contribution in [-0.2, 0) is 28.0 Å². The highest BCUT2D eigenvalue weighted by Gasteiger charge is 2.68. The summed E-state index contributed by atoms with van der Waals surface area (Å²) >= 11 is 0. The standard InChI is InChI=1S/C31H33F6N3O2/c1-3-42-28(41)18-27-21-39(16-17-40(27)20-23-12-14-38-15-13-23)19-22-4-6-24(7-5-22)25-8-10-26(11-9-25)29(2,30(32,33)34)31(35,36)37/h4-15,27H,3,16-21H2,1-2H3. The van der Waals surface area contributed by atoms with Gasteiger partial charge in [-0.05, 0) is 53.8 Å². The van der Waals surface area contributed by atoms with Gasteiger partial charge in [0, 0.05) is 51.2 Å². The molecular weight excluding hydrogens is 560 g/mol. The third-order valence-corrected chi connectivity index (χ3v) is 7.82. The lowest BCUT2D eigenvalue weighted by Gasteiger charge is -2.41. The summed E-state index contributed by atoms with van der Waals surface area (Å²) in [5.74, 6) is -0.245. The van der Waals surface area contributed by atoms with Crippen molar-refractivity contribution in [2.45, 2.75) is 57.2 Å². The lowest BCUT2D eigenvalue weighted by molar-refractivity contribution is -0.297. The van der Waals surface area contributed by atoms with Crippen molar-refractivity contribution in [3.8, 4) is 11.1 Å². The molecule has 2 heterocycles. The van der Waals surface area contributed by atoms with Crippen LogP contribution in [0.25, 0.3) is 11.1 Å². The molecule has 0 aliphatic carbocycles. The molecule has 0 amide bonds. The number of aromatic nitrogens is 1. The summed E-state index contributed by atoms with van der Waals surface area (Å²) in [6.45, 7) is 5.77. The van der Waals surface area contributed by atoms with Crippen LogP contribution in [-0.4, -0.2) is 65.4 Å². The second-order valence-corrected chi connectivity index (χ2v) is 10.6. The molecule has 1 saturated heterocycles. The largest absolute Gasteiger partial charge is 0.466 e. The first-order chi connectivity index (χ1) is 19.8. The first-order valence-electron chi connectivity index (χ1n) is 13.7. The van der Waals surface area contributed by atoms with Crippen molar-refractivity contribution in [3.05, 3.63) is 89.7 Å². The predicted octanol–water partition coefficient (Wildman–Crippen LogP) is 6.77. The van der Waals surface area contributed by atoms with E-state index in [1.165, 1.54) is 12.1 Å². The smallest absolute Gasteiger partial charge is 0.406 e. The fourth-order valence-corrected chi connectivity index (χ4v) is 5.18. The third kappa shape index (κ3) is 7.12. The molecule has 0 bridgehead atoms. The van der Waals surface area contributed by atoms with Crippen molar-refractivity contribution >= 4 is 5.97 Å². The van der Waals surface area contributed by atoms with E-state index in [-0.39, 0.29) is 25.4 Å². The Bertz CT molecular complexity index is 1300. The van der Waals surface area contributed by atoms with E-state index >= 15 is 0 Å². The zero-order chi connectivity index (χ0) is 30.5. The molecular formula is C31H33F6N3O2. The molecule has 2 aromatic carbocycles. The summed E-state index contributed by atoms with van der Waals surface area (Å²) < 4.78 is 85.8. The van der Waals surface area contributed by atoms with E-state index in [1.807, 2.05) is 24.3 Å². The minimum absolute atomic E-state index is 0.0390. The molecule has 0 spiro atoms. The van der Waals surface area contributed by atoms with Gasteiger partial charge in [0.15, 0.2) is 5.41 Å². The summed E-state index contributed by atoms with van der Waals surface area (Å²) in [5.41, 5.74) is -1.53. The van der Waals surface area contributed by atoms with E-state index in [0.29, 0.717) is 37.4 Å². The number of benzene rings is 2. The van der Waals surface area contributed by atoms with Crippen molar-refractivity contribution in [2.75, 3.05) is 26.2 Å². The highest BCUT2D eigenvalue weighted by molar-refractivity contribution is 5.70. The van der Waals surface area contributed by atoms with Crippen LogP contribution in [0.2, 0.25) is 0 Å². The van der Waals surface area contributed by atoms with Crippen molar-refractivity contribution in [3.63, 3.8) is 0 Å². The molecule has 3 aromatic rings. The van der Waals surface area contributed by atoms with Gasteiger partial charge in [-0.3, -0.25) is 19.6 Å². The Morgan fingerprint density at radius 2 is 1.38 bits per heavy atom. The van der Waals surface area contributed by atoms with Gasteiger partial charge in [-0.15, -0.1) is 0 Å². The number of hydrogen-bond donors (Lipinski definition) is 0. The number of alkyl halides is 6. The monoisotopic (exact) mass is 593 g/mol. The number of esters is 1. The van der Waals surface area contributed by atoms with Crippen molar-refractivity contribution in [2.24, 2.45) is 0 Å². The first kappa shape index (κ1) is 31.5. The molecule has 1 aliphatic heterocycles. The summed E-state index contributed by atoms with van der Waals surface area (Å²) in [6, 6.07) is 15.6. The zero-order valence-electron chi connectivity index (χ0n) is 23.4. The van der Waals surface area contributed by atoms with Gasteiger partial charge in [0.1, 0.15) is 0 Å². The fourth-order valence-electron chi connectivity index (χ4n) is 5.18. The van der Waals surface area contributed by atoms with Crippen LogP contribution in [0.1, 0.15) is 37.0 Å². The summed E-state index contributed by atoms with van der Waals surface area (Å²) in [4.78, 5) is 20.9. The number of ether oxygens (including phenoxy) is 1. The minimum Gasteiger partial charge on any atom is -0.466 e. The Morgan fingerprint density at radius 3 is 1.93 bits per heavy atom. The van der Waals surface area contributed by atoms with Crippen LogP contribution < -0.4 is 0 Å². The van der Waals surface area contributed by atoms with Gasteiger partial charge in [-0.25, -0.2) is 0 Å². The maximum absolute atomic E-state index is 13.4. The SMILES string of the molecule is CCOC(=O)CC1CN(Cc2ccc(-c3ccc(C(C)(C(F)(F)F)C(F)(F)F)cc3)cc2)CCN1Cc1ccncc1. The van der Waals surface area contributed by atoms with Crippen LogP contribution in [0.3, 0.4) is 0 Å². The number of pyridine rings is 1. The number of piperazine rings is 1. The highest BCUT2D eigenvalue weighted by atomic mass is 19.4. The number of carbonyl (C=O) groups excluding carboxylic acids is 1. The molecule has 42 heavy (non-hydrogen) atoms. The van der Waals surface area contributed by atoms with Crippen LogP contribution >= 0.6 is 0 Å². The number of halogens is 6. The molecule has 1 fully saturated rings. The van der Waals surface area contributed by atoms with Gasteiger partial charge in [0.25, 0.3) is 0 Å². The van der Waals surface area contributed by atoms with Gasteiger partial charge in [0.2, 0.25) is 0 Å². The normalized spacial score (nSPS) is 17.3. The molecule has 5 nitrogen and oxygen atoms in total. The molecule has 1 atom stereocenters. The van der Waals surface area contributed by atoms with Gasteiger partial charge in [0.05, 0.1) is 13.0 Å². The van der Waals surface area contributed by atoms with Crippen molar-refractivity contribution < 1.29 is 35.9 Å². The molecule has 0 N–H and O–H groups in total. The molecule has 226 valence electrons. The summed E-state index contributed by atoms with van der Waals surface area (Å²) in [6.07, 6.45) is -7.23. The number of carbonyl (C=O) groups is 1. The first-order valence-corrected chi connectivity index (χ1v) is 13.7. The van der Waals surface area contributed by atoms with Crippen LogP contribution in [0.4, 0.5) is 26.3 Å². The van der Waals surface area contributed by atoms with Crippen LogP contribution in [0.15, 0.2) is 73.1 Å². The molecule has 1 aromatic heterocycles. The molecule has 1 unspecified atom stereocenters. The van der Waals surface area contributed by atoms with Gasteiger partial charge in [-0.1, -0.05) is 48.5 Å². The Labute approximate surface area is 241 Å². The van der Waals surface area contributed by atoms with E-state index in [9.17, 15) is 31.1 Å². The molecule has 11 heteroatoms. The zero-order valence-corrected chi connectivity index (χ0v) is 23.4. The van der Waals surface area contributed by atoms with E-state index in [0.717, 1.165) is 36.3 Å². The Kier molecular flexibility index (Phi) is 9.62. The number of rotatable bonds is 9. The van der Waals surface area contributed by atoms with Crippen molar-refractivity contribution in [1.82, 2.24) is 14.8 Å². The topological polar surface area (TPSA) is 45.7 Å². The lowest BCUT2D eigenvalue weighted by atomic mass is 9.80. The molecule has 0 saturated carbocycles. The van der Waals surface area contributed by atoms with Crippen LogP contribution in [0.5, 0.6) is 0 Å². The third-order valence-electron chi connectivity index (χ3n) is 7.82. The van der Waals surface area contributed by atoms with Gasteiger partial charge < -0.3 is 4.74 Å². The Balaban J connectivity index is 1.43. The molecule has 0 radical (unpaired) electrons. The Morgan fingerprint density at radius 1 is 0.833 bits per heavy atom. The number of nitrogens with zero attached hydrogens (tertiary/aromatic N) is 3. The molecule has 1 aliphatic rings. The van der Waals surface area contributed by atoms with Crippen molar-refractivity contribution in [1.29, 1.82) is 0 Å². The van der Waals surface area contributed by atoms with Crippen LogP contribution in [0, 0.1) is 0 Å². The lowest BCUT2D eigenvalue weighted by Crippen LogP contribution is -2.53.